The van der Waals surface area contributed by atoms with Crippen LogP contribution < -0.4 is 11.1 Å². The summed E-state index contributed by atoms with van der Waals surface area (Å²) in [6.07, 6.45) is 5.67. The Hall–Kier alpha value is -0.810. The smallest absolute Gasteiger partial charge is 0.317 e. The number of amides is 2. The molecule has 0 unspecified atom stereocenters. The molecule has 5 nitrogen and oxygen atoms in total. The number of rotatable bonds is 4. The molecule has 0 atom stereocenters. The van der Waals surface area contributed by atoms with Crippen LogP contribution in [0.3, 0.4) is 0 Å². The molecule has 5 heteroatoms. The van der Waals surface area contributed by atoms with Gasteiger partial charge in [-0.2, -0.15) is 0 Å². The molecule has 0 aromatic rings. The SMILES string of the molecule is NCCOC1CCN(C(=O)NC2CCC2)CC1. The van der Waals surface area contributed by atoms with Gasteiger partial charge in [-0.25, -0.2) is 4.79 Å². The number of nitrogens with zero attached hydrogens (tertiary/aromatic N) is 1. The minimum absolute atomic E-state index is 0.104. The fourth-order valence-corrected chi connectivity index (χ4v) is 2.28. The van der Waals surface area contributed by atoms with Crippen LogP contribution in [0.15, 0.2) is 0 Å². The molecule has 1 aliphatic carbocycles. The summed E-state index contributed by atoms with van der Waals surface area (Å²) in [6, 6.07) is 0.528. The van der Waals surface area contributed by atoms with Crippen molar-refractivity contribution in [1.82, 2.24) is 10.2 Å². The molecule has 0 radical (unpaired) electrons. The van der Waals surface area contributed by atoms with E-state index in [2.05, 4.69) is 5.32 Å². The number of ether oxygens (including phenoxy) is 1. The largest absolute Gasteiger partial charge is 0.377 e. The zero-order valence-corrected chi connectivity index (χ0v) is 10.4. The molecular formula is C12H23N3O2. The number of likely N-dealkylation sites (tertiary alicyclic amines) is 1. The molecule has 1 saturated heterocycles. The Bertz CT molecular complexity index is 248. The van der Waals surface area contributed by atoms with Crippen molar-refractivity contribution in [1.29, 1.82) is 0 Å². The standard InChI is InChI=1S/C12H23N3O2/c13-6-9-17-11-4-7-15(8-5-11)12(16)14-10-2-1-3-10/h10-11H,1-9,13H2,(H,14,16). The van der Waals surface area contributed by atoms with Gasteiger partial charge in [-0.3, -0.25) is 0 Å². The number of urea groups is 1. The minimum atomic E-state index is 0.104. The monoisotopic (exact) mass is 241 g/mol. The van der Waals surface area contributed by atoms with Gasteiger partial charge in [0, 0.05) is 25.7 Å². The van der Waals surface area contributed by atoms with E-state index in [4.69, 9.17) is 10.5 Å². The number of piperidine rings is 1. The van der Waals surface area contributed by atoms with Gasteiger partial charge in [0.05, 0.1) is 12.7 Å². The lowest BCUT2D eigenvalue weighted by Crippen LogP contribution is -2.50. The summed E-state index contributed by atoms with van der Waals surface area (Å²) in [5, 5.41) is 3.07. The van der Waals surface area contributed by atoms with E-state index >= 15 is 0 Å². The molecular weight excluding hydrogens is 218 g/mol. The van der Waals surface area contributed by atoms with E-state index in [1.807, 2.05) is 4.90 Å². The van der Waals surface area contributed by atoms with Crippen LogP contribution in [0.5, 0.6) is 0 Å². The van der Waals surface area contributed by atoms with Crippen LogP contribution in [0, 0.1) is 0 Å². The van der Waals surface area contributed by atoms with E-state index in [9.17, 15) is 4.79 Å². The highest BCUT2D eigenvalue weighted by Gasteiger charge is 2.26. The zero-order chi connectivity index (χ0) is 12.1. The highest BCUT2D eigenvalue weighted by atomic mass is 16.5. The van der Waals surface area contributed by atoms with Gasteiger partial charge in [0.1, 0.15) is 0 Å². The van der Waals surface area contributed by atoms with Crippen molar-refractivity contribution < 1.29 is 9.53 Å². The third kappa shape index (κ3) is 3.57. The fourth-order valence-electron chi connectivity index (χ4n) is 2.28. The van der Waals surface area contributed by atoms with Crippen LogP contribution >= 0.6 is 0 Å². The second kappa shape index (κ2) is 6.21. The van der Waals surface area contributed by atoms with E-state index in [1.54, 1.807) is 0 Å². The Morgan fingerprint density at radius 2 is 2.00 bits per heavy atom. The predicted molar refractivity (Wildman–Crippen MR) is 65.8 cm³/mol. The van der Waals surface area contributed by atoms with Crippen molar-refractivity contribution in [3.63, 3.8) is 0 Å². The van der Waals surface area contributed by atoms with Crippen molar-refractivity contribution >= 4 is 6.03 Å². The molecule has 2 aliphatic rings. The van der Waals surface area contributed by atoms with Gasteiger partial charge >= 0.3 is 6.03 Å². The Labute approximate surface area is 103 Å². The van der Waals surface area contributed by atoms with Crippen LogP contribution in [-0.4, -0.2) is 49.3 Å². The van der Waals surface area contributed by atoms with Crippen LogP contribution in [0.4, 0.5) is 4.79 Å². The second-order valence-electron chi connectivity index (χ2n) is 4.92. The molecule has 98 valence electrons. The maximum Gasteiger partial charge on any atom is 0.317 e. The van der Waals surface area contributed by atoms with Crippen molar-refractivity contribution in [2.75, 3.05) is 26.2 Å². The molecule has 1 aliphatic heterocycles. The number of nitrogens with two attached hydrogens (primary N) is 1. The quantitative estimate of drug-likeness (QED) is 0.761. The van der Waals surface area contributed by atoms with Gasteiger partial charge < -0.3 is 20.7 Å². The summed E-state index contributed by atoms with van der Waals surface area (Å²) in [4.78, 5) is 13.8. The summed E-state index contributed by atoms with van der Waals surface area (Å²) < 4.78 is 5.59. The van der Waals surface area contributed by atoms with Gasteiger partial charge in [-0.1, -0.05) is 0 Å². The second-order valence-corrected chi connectivity index (χ2v) is 4.92. The normalized spacial score (nSPS) is 22.3. The van der Waals surface area contributed by atoms with E-state index in [0.29, 0.717) is 19.2 Å². The van der Waals surface area contributed by atoms with Gasteiger partial charge in [0.2, 0.25) is 0 Å². The number of hydrogen-bond acceptors (Lipinski definition) is 3. The number of hydrogen-bond donors (Lipinski definition) is 2. The summed E-state index contributed by atoms with van der Waals surface area (Å²) in [7, 11) is 0. The van der Waals surface area contributed by atoms with Gasteiger partial charge in [-0.05, 0) is 32.1 Å². The summed E-state index contributed by atoms with van der Waals surface area (Å²) >= 11 is 0. The summed E-state index contributed by atoms with van der Waals surface area (Å²) in [6.45, 7) is 2.79. The van der Waals surface area contributed by atoms with E-state index < -0.39 is 0 Å². The van der Waals surface area contributed by atoms with Crippen molar-refractivity contribution in [3.05, 3.63) is 0 Å². The maximum atomic E-state index is 11.9. The Balaban J connectivity index is 1.65. The summed E-state index contributed by atoms with van der Waals surface area (Å²) in [5.41, 5.74) is 5.40. The van der Waals surface area contributed by atoms with E-state index in [-0.39, 0.29) is 12.1 Å². The molecule has 17 heavy (non-hydrogen) atoms. The average molecular weight is 241 g/mol. The lowest BCUT2D eigenvalue weighted by molar-refractivity contribution is 0.0186. The zero-order valence-electron chi connectivity index (χ0n) is 10.4. The van der Waals surface area contributed by atoms with Crippen molar-refractivity contribution in [2.45, 2.75) is 44.2 Å². The molecule has 1 heterocycles. The molecule has 0 bridgehead atoms. The Morgan fingerprint density at radius 1 is 1.29 bits per heavy atom. The lowest BCUT2D eigenvalue weighted by Gasteiger charge is -2.34. The Kier molecular flexibility index (Phi) is 4.62. The van der Waals surface area contributed by atoms with E-state index in [0.717, 1.165) is 38.8 Å². The van der Waals surface area contributed by atoms with Crippen LogP contribution in [0.1, 0.15) is 32.1 Å². The van der Waals surface area contributed by atoms with Crippen LogP contribution in [0.25, 0.3) is 0 Å². The third-order valence-electron chi connectivity index (χ3n) is 3.63. The predicted octanol–water partition coefficient (Wildman–Crippen LogP) is 0.688. The molecule has 1 saturated carbocycles. The minimum Gasteiger partial charge on any atom is -0.377 e. The molecule has 0 aromatic heterocycles. The number of carbonyl (C=O) groups is 1. The van der Waals surface area contributed by atoms with Gasteiger partial charge in [0.25, 0.3) is 0 Å². The van der Waals surface area contributed by atoms with Crippen LogP contribution in [0.2, 0.25) is 0 Å². The number of carbonyl (C=O) groups excluding carboxylic acids is 1. The average Bonchev–Trinajstić information content (AvgIpc) is 2.31. The molecule has 0 spiro atoms. The molecule has 2 amide bonds. The van der Waals surface area contributed by atoms with Crippen molar-refractivity contribution in [3.8, 4) is 0 Å². The topological polar surface area (TPSA) is 67.6 Å². The first-order valence-corrected chi connectivity index (χ1v) is 6.66. The van der Waals surface area contributed by atoms with Gasteiger partial charge in [-0.15, -0.1) is 0 Å². The lowest BCUT2D eigenvalue weighted by atomic mass is 9.93. The summed E-state index contributed by atoms with van der Waals surface area (Å²) in [5.74, 6) is 0. The Morgan fingerprint density at radius 3 is 2.53 bits per heavy atom. The third-order valence-corrected chi connectivity index (χ3v) is 3.63. The molecule has 2 rings (SSSR count). The number of nitrogens with one attached hydrogen (secondary N) is 1. The fraction of sp³-hybridized carbons (Fsp3) is 0.917. The molecule has 0 aromatic carbocycles. The highest BCUT2D eigenvalue weighted by molar-refractivity contribution is 5.74. The van der Waals surface area contributed by atoms with Crippen LogP contribution in [-0.2, 0) is 4.74 Å². The highest BCUT2D eigenvalue weighted by Crippen LogP contribution is 2.19. The van der Waals surface area contributed by atoms with E-state index in [1.165, 1.54) is 6.42 Å². The first-order chi connectivity index (χ1) is 8.29. The van der Waals surface area contributed by atoms with Gasteiger partial charge in [0.15, 0.2) is 0 Å². The maximum absolute atomic E-state index is 11.9. The molecule has 2 fully saturated rings. The van der Waals surface area contributed by atoms with Crippen molar-refractivity contribution in [2.24, 2.45) is 5.73 Å². The first-order valence-electron chi connectivity index (χ1n) is 6.66. The molecule has 3 N–H and O–H groups in total. The first kappa shape index (κ1) is 12.6.